The number of anilines is 1. The number of imidazole rings is 1. The predicted molar refractivity (Wildman–Crippen MR) is 175 cm³/mol. The maximum absolute atomic E-state index is 12.6. The van der Waals surface area contributed by atoms with Crippen molar-refractivity contribution < 1.29 is 61.0 Å². The number of aliphatic hydroxyl groups excluding tert-OH is 2. The zero-order valence-electron chi connectivity index (χ0n) is 24.5. The summed E-state index contributed by atoms with van der Waals surface area (Å²) in [6, 6.07) is 11.5. The van der Waals surface area contributed by atoms with Crippen LogP contribution in [0, 0.1) is 0 Å². The van der Waals surface area contributed by atoms with Gasteiger partial charge in [0, 0.05) is 6.07 Å². The molecule has 26 heteroatoms. The van der Waals surface area contributed by atoms with E-state index in [0.29, 0.717) is 20.2 Å². The Bertz CT molecular complexity index is 2440. The van der Waals surface area contributed by atoms with Gasteiger partial charge in [-0.2, -0.15) is 13.6 Å². The van der Waals surface area contributed by atoms with Crippen LogP contribution in [0.25, 0.3) is 41.6 Å². The summed E-state index contributed by atoms with van der Waals surface area (Å²) in [5.41, 5.74) is 5.89. The van der Waals surface area contributed by atoms with Crippen molar-refractivity contribution in [2.24, 2.45) is 0 Å². The molecule has 0 saturated carbocycles. The van der Waals surface area contributed by atoms with E-state index in [2.05, 4.69) is 38.1 Å². The molecular weight excluding hydrogens is 767 g/mol. The third kappa shape index (κ3) is 7.15. The third-order valence-corrected chi connectivity index (χ3v) is 13.4. The fraction of sp³-hybridized carbons (Fsp3) is 0.208. The smallest absolute Gasteiger partial charge is 0.404 e. The lowest BCUT2D eigenvalue weighted by Gasteiger charge is -2.20. The molecule has 3 unspecified atom stereocenters. The number of H-pyrrole nitrogens is 1. The molecule has 50 heavy (non-hydrogen) atoms. The van der Waals surface area contributed by atoms with Crippen molar-refractivity contribution in [3.05, 3.63) is 59.1 Å². The number of hydrogen-bond donors (Lipinski definition) is 7. The van der Waals surface area contributed by atoms with Gasteiger partial charge in [0.25, 0.3) is 5.56 Å². The Morgan fingerprint density at radius 2 is 1.58 bits per heavy atom. The van der Waals surface area contributed by atoms with Gasteiger partial charge in [-0.25, -0.2) is 28.6 Å². The van der Waals surface area contributed by atoms with Gasteiger partial charge in [-0.3, -0.25) is 23.8 Å². The summed E-state index contributed by atoms with van der Waals surface area (Å²) in [5.74, 6) is -0.556. The van der Waals surface area contributed by atoms with Gasteiger partial charge in [0.2, 0.25) is 5.95 Å². The molecule has 1 saturated heterocycles. The van der Waals surface area contributed by atoms with Crippen molar-refractivity contribution in [1.29, 1.82) is 0 Å². The Labute approximate surface area is 285 Å². The number of para-hydroxylation sites is 1. The Hall–Kier alpha value is -3.50. The number of ether oxygens (including phenoxy) is 1. The lowest BCUT2D eigenvalue weighted by atomic mass is 10.1. The Balaban J connectivity index is 0.978. The molecule has 264 valence electrons. The van der Waals surface area contributed by atoms with Gasteiger partial charge in [0.15, 0.2) is 27.4 Å². The van der Waals surface area contributed by atoms with Crippen molar-refractivity contribution in [2.75, 3.05) is 12.3 Å². The first-order valence-corrected chi connectivity index (χ1v) is 19.9. The number of aromatic nitrogens is 6. The number of nitrogens with one attached hydrogen (secondary N) is 1. The zero-order valence-corrected chi connectivity index (χ0v) is 28.8. The molecule has 1 fully saturated rings. The Morgan fingerprint density at radius 3 is 2.32 bits per heavy atom. The number of fused-ring (bicyclic) bond motifs is 3. The monoisotopic (exact) mass is 789 g/mol. The van der Waals surface area contributed by atoms with E-state index < -0.39 is 60.2 Å². The zero-order chi connectivity index (χ0) is 35.6. The number of hydrogen-bond acceptors (Lipinski definition) is 18. The highest BCUT2D eigenvalue weighted by atomic mass is 32.1. The van der Waals surface area contributed by atoms with Crippen LogP contribution in [-0.4, -0.2) is 79.3 Å². The van der Waals surface area contributed by atoms with E-state index in [0.717, 1.165) is 21.1 Å². The van der Waals surface area contributed by atoms with Crippen molar-refractivity contribution in [2.45, 2.75) is 24.5 Å². The number of phosphoric ester groups is 2. The van der Waals surface area contributed by atoms with Crippen molar-refractivity contribution in [1.82, 2.24) is 29.5 Å². The number of phosphoric acid groups is 3. The number of nitrogens with zero attached hydrogens (tertiary/aromatic N) is 5. The van der Waals surface area contributed by atoms with E-state index in [1.54, 1.807) is 0 Å². The fourth-order valence-corrected chi connectivity index (χ4v) is 10.3. The van der Waals surface area contributed by atoms with E-state index in [1.807, 2.05) is 24.3 Å². The lowest BCUT2D eigenvalue weighted by molar-refractivity contribution is -0.0503. The van der Waals surface area contributed by atoms with Crippen LogP contribution in [0.15, 0.2) is 53.6 Å². The maximum atomic E-state index is 12.6. The summed E-state index contributed by atoms with van der Waals surface area (Å²) < 4.78 is 63.5. The van der Waals surface area contributed by atoms with Gasteiger partial charge in [-0.05, 0) is 24.3 Å². The average Bonchev–Trinajstić information content (AvgIpc) is 3.79. The Kier molecular flexibility index (Phi) is 9.03. The minimum absolute atomic E-state index is 0.115. The average molecular weight is 790 g/mol. The van der Waals surface area contributed by atoms with Gasteiger partial charge >= 0.3 is 23.5 Å². The Morgan fingerprint density at radius 1 is 0.900 bits per heavy atom. The molecule has 4 aromatic heterocycles. The molecule has 0 aliphatic carbocycles. The third-order valence-electron chi connectivity index (χ3n) is 6.93. The van der Waals surface area contributed by atoms with Crippen LogP contribution in [0.3, 0.4) is 0 Å². The second-order valence-electron chi connectivity index (χ2n) is 10.4. The SMILES string of the molecule is Nc1nc2c(ncn2[C@@H]2O[C@H](COP(=O)(O)OP(=O)(O)OP(=O)(O)Oc3ccc4nc(-c5nc6ccccc6s5)sc4c3)[C@@H](O)[C@H]2O)c(=O)[nH]1. The first-order valence-electron chi connectivity index (χ1n) is 13.8. The molecule has 0 bridgehead atoms. The number of aromatic amines is 1. The molecule has 21 nitrogen and oxygen atoms in total. The van der Waals surface area contributed by atoms with Gasteiger partial charge in [-0.1, -0.05) is 12.1 Å². The molecule has 8 N–H and O–H groups in total. The van der Waals surface area contributed by atoms with Crippen LogP contribution >= 0.6 is 46.1 Å². The van der Waals surface area contributed by atoms with Crippen LogP contribution in [0.1, 0.15) is 6.23 Å². The summed E-state index contributed by atoms with van der Waals surface area (Å²) in [6.07, 6.45) is -5.41. The number of nitrogen functional groups attached to an aromatic ring is 1. The summed E-state index contributed by atoms with van der Waals surface area (Å²) >= 11 is 2.63. The summed E-state index contributed by atoms with van der Waals surface area (Å²) in [6.45, 7) is -1.02. The normalized spacial score (nSPS) is 23.2. The molecule has 0 radical (unpaired) electrons. The highest BCUT2D eigenvalue weighted by Crippen LogP contribution is 2.67. The van der Waals surface area contributed by atoms with Crippen LogP contribution in [0.5, 0.6) is 5.75 Å². The van der Waals surface area contributed by atoms with Crippen LogP contribution < -0.4 is 15.8 Å². The molecule has 6 aromatic rings. The first-order chi connectivity index (χ1) is 23.6. The minimum atomic E-state index is -5.86. The molecule has 0 spiro atoms. The second kappa shape index (κ2) is 12.9. The highest BCUT2D eigenvalue weighted by molar-refractivity contribution is 7.67. The molecule has 1 aliphatic heterocycles. The molecule has 5 heterocycles. The number of rotatable bonds is 11. The standard InChI is InChI=1S/C24H22N7O14P3S2/c25-24-29-19-16(20(34)30-24)26-9-31(19)23-18(33)17(32)13(42-23)8-41-46(35,36)44-48(39,40)45-47(37,38)43-10-5-6-12-15(7-10)50-22(28-12)21-27-11-3-1-2-4-14(11)49-21/h1-7,9,13,17-18,23,32-33H,8H2,(H,35,36)(H,37,38)(H,39,40)(H3,25,29,30,34)/t13-,17-,18-,23-/m1/s1. The minimum Gasteiger partial charge on any atom is -0.404 e. The number of thiazole rings is 2. The van der Waals surface area contributed by atoms with Gasteiger partial charge in [0.1, 0.15) is 24.1 Å². The van der Waals surface area contributed by atoms with E-state index >= 15 is 0 Å². The van der Waals surface area contributed by atoms with Gasteiger partial charge in [0.05, 0.1) is 33.4 Å². The van der Waals surface area contributed by atoms with E-state index in [-0.39, 0.29) is 22.9 Å². The molecule has 7 atom stereocenters. The molecule has 2 aromatic carbocycles. The van der Waals surface area contributed by atoms with E-state index in [9.17, 15) is 43.4 Å². The van der Waals surface area contributed by atoms with E-state index in [4.69, 9.17) is 15.0 Å². The quantitative estimate of drug-likeness (QED) is 0.0928. The fourth-order valence-electron chi connectivity index (χ4n) is 4.86. The van der Waals surface area contributed by atoms with Gasteiger partial charge in [-0.15, -0.1) is 22.7 Å². The molecule has 0 amide bonds. The van der Waals surface area contributed by atoms with Crippen molar-refractivity contribution in [3.8, 4) is 15.8 Å². The first kappa shape index (κ1) is 34.9. The van der Waals surface area contributed by atoms with Crippen LogP contribution in [0.2, 0.25) is 0 Å². The summed E-state index contributed by atoms with van der Waals surface area (Å²) in [5, 5.41) is 22.2. The van der Waals surface area contributed by atoms with Gasteiger partial charge < -0.3 is 35.0 Å². The number of nitrogens with two attached hydrogens (primary N) is 1. The summed E-state index contributed by atoms with van der Waals surface area (Å²) in [4.78, 5) is 61.4. The maximum Gasteiger partial charge on any atom is 0.536 e. The summed E-state index contributed by atoms with van der Waals surface area (Å²) in [7, 11) is -16.9. The predicted octanol–water partition coefficient (Wildman–Crippen LogP) is 2.64. The topological polar surface area (TPSA) is 314 Å². The molecular formula is C24H22N7O14P3S2. The van der Waals surface area contributed by atoms with E-state index in [1.165, 1.54) is 40.9 Å². The largest absolute Gasteiger partial charge is 0.536 e. The number of aliphatic hydroxyl groups is 2. The van der Waals surface area contributed by atoms with Crippen LogP contribution in [-0.2, 0) is 31.6 Å². The lowest BCUT2D eigenvalue weighted by Crippen LogP contribution is -2.33. The molecule has 7 rings (SSSR count). The van der Waals surface area contributed by atoms with Crippen molar-refractivity contribution >= 4 is 83.7 Å². The highest BCUT2D eigenvalue weighted by Gasteiger charge is 2.47. The van der Waals surface area contributed by atoms with Crippen molar-refractivity contribution in [3.63, 3.8) is 0 Å². The number of benzene rings is 2. The van der Waals surface area contributed by atoms with Crippen LogP contribution in [0.4, 0.5) is 5.95 Å². The molecule has 1 aliphatic rings. The second-order valence-corrected chi connectivity index (χ2v) is 17.0.